The molecule has 2 amide bonds. The Morgan fingerprint density at radius 1 is 1.14 bits per heavy atom. The number of nitrogens with one attached hydrogen (secondary N) is 1. The van der Waals surface area contributed by atoms with Gasteiger partial charge in [0.2, 0.25) is 0 Å². The summed E-state index contributed by atoms with van der Waals surface area (Å²) in [7, 11) is 0. The summed E-state index contributed by atoms with van der Waals surface area (Å²) in [5.74, 6) is -0.211. The zero-order valence-corrected chi connectivity index (χ0v) is 23.9. The highest BCUT2D eigenvalue weighted by atomic mass is 19.1. The molecule has 6 heterocycles. The van der Waals surface area contributed by atoms with Crippen molar-refractivity contribution in [1.82, 2.24) is 29.4 Å². The molecule has 8 rings (SSSR count). The van der Waals surface area contributed by atoms with Crippen LogP contribution in [0.3, 0.4) is 0 Å². The molecule has 10 heteroatoms. The van der Waals surface area contributed by atoms with Gasteiger partial charge in [0.05, 0.1) is 17.0 Å². The lowest BCUT2D eigenvalue weighted by atomic mass is 10.0. The third kappa shape index (κ3) is 4.39. The van der Waals surface area contributed by atoms with E-state index in [1.165, 1.54) is 10.6 Å². The number of rotatable bonds is 5. The fourth-order valence-electron chi connectivity index (χ4n) is 6.61. The maximum atomic E-state index is 15.6. The molecule has 1 atom stereocenters. The average Bonchev–Trinajstić information content (AvgIpc) is 3.53. The second-order valence-corrected chi connectivity index (χ2v) is 12.2. The summed E-state index contributed by atoms with van der Waals surface area (Å²) in [5, 5.41) is 8.69. The molecule has 3 aliphatic rings. The molecular weight excluding hydrogens is 545 g/mol. The lowest BCUT2D eigenvalue weighted by Gasteiger charge is -2.30. The van der Waals surface area contributed by atoms with Crippen LogP contribution in [0.25, 0.3) is 39.2 Å². The minimum Gasteiger partial charge on any atom is -0.348 e. The highest BCUT2D eigenvalue weighted by Gasteiger charge is 2.28. The predicted molar refractivity (Wildman–Crippen MR) is 161 cm³/mol. The molecule has 0 spiro atoms. The third-order valence-corrected chi connectivity index (χ3v) is 9.12. The number of halogens is 1. The van der Waals surface area contributed by atoms with Crippen LogP contribution >= 0.6 is 0 Å². The summed E-state index contributed by atoms with van der Waals surface area (Å²) < 4.78 is 19.3. The number of benzene rings is 1. The summed E-state index contributed by atoms with van der Waals surface area (Å²) in [6.45, 7) is 4.30. The second kappa shape index (κ2) is 9.74. The van der Waals surface area contributed by atoms with Crippen LogP contribution in [0, 0.1) is 18.7 Å². The molecule has 218 valence electrons. The van der Waals surface area contributed by atoms with Gasteiger partial charge in [-0.05, 0) is 74.4 Å². The Hall–Kier alpha value is -4.57. The van der Waals surface area contributed by atoms with E-state index in [1.54, 1.807) is 11.1 Å². The Kier molecular flexibility index (Phi) is 5.91. The number of nitrogens with two attached hydrogens (primary N) is 1. The normalized spacial score (nSPS) is 18.4. The number of hydrogen-bond donors (Lipinski definition) is 2. The SMILES string of the molecule is Cc1c(-c2cc3ccc(-c4ccc5c(c4)C(=O)NC5)nc3n2CC2CC2)nn2cc(C(=O)N3CCC[C@@H](N)C3)cc(F)c12. The highest BCUT2D eigenvalue weighted by molar-refractivity contribution is 5.99. The molecule has 1 aliphatic carbocycles. The van der Waals surface area contributed by atoms with E-state index in [0.717, 1.165) is 65.8 Å². The lowest BCUT2D eigenvalue weighted by molar-refractivity contribution is 0.0707. The number of aromatic nitrogens is 4. The quantitative estimate of drug-likeness (QED) is 0.315. The number of piperidine rings is 1. The van der Waals surface area contributed by atoms with Crippen molar-refractivity contribution in [3.63, 3.8) is 0 Å². The molecule has 2 aliphatic heterocycles. The maximum absolute atomic E-state index is 15.6. The van der Waals surface area contributed by atoms with E-state index in [1.807, 2.05) is 37.3 Å². The van der Waals surface area contributed by atoms with Crippen molar-refractivity contribution in [1.29, 1.82) is 0 Å². The summed E-state index contributed by atoms with van der Waals surface area (Å²) in [6, 6.07) is 13.2. The van der Waals surface area contributed by atoms with Crippen LogP contribution < -0.4 is 11.1 Å². The van der Waals surface area contributed by atoms with Gasteiger partial charge in [0, 0.05) is 60.5 Å². The molecule has 5 aromatic rings. The van der Waals surface area contributed by atoms with E-state index >= 15 is 4.39 Å². The fraction of sp³-hybridized carbons (Fsp3) is 0.333. The van der Waals surface area contributed by atoms with E-state index in [0.29, 0.717) is 47.9 Å². The van der Waals surface area contributed by atoms with E-state index in [9.17, 15) is 9.59 Å². The van der Waals surface area contributed by atoms with Gasteiger partial charge < -0.3 is 20.5 Å². The average molecular weight is 578 g/mol. The van der Waals surface area contributed by atoms with E-state index in [-0.39, 0.29) is 23.4 Å². The van der Waals surface area contributed by atoms with Crippen LogP contribution in [-0.4, -0.2) is 55.0 Å². The molecule has 0 bridgehead atoms. The number of likely N-dealkylation sites (tertiary alicyclic amines) is 1. The molecule has 1 saturated heterocycles. The number of nitrogens with zero attached hydrogens (tertiary/aromatic N) is 5. The number of aryl methyl sites for hydroxylation is 1. The van der Waals surface area contributed by atoms with Crippen molar-refractivity contribution in [3.05, 3.63) is 76.7 Å². The summed E-state index contributed by atoms with van der Waals surface area (Å²) in [5.41, 5.74) is 13.2. The topological polar surface area (TPSA) is 111 Å². The fourth-order valence-corrected chi connectivity index (χ4v) is 6.61. The van der Waals surface area contributed by atoms with Gasteiger partial charge in [0.1, 0.15) is 22.7 Å². The number of hydrogen-bond acceptors (Lipinski definition) is 5. The Balaban J connectivity index is 1.22. The number of fused-ring (bicyclic) bond motifs is 3. The molecule has 0 radical (unpaired) electrons. The molecule has 1 saturated carbocycles. The van der Waals surface area contributed by atoms with Crippen LogP contribution in [0.5, 0.6) is 0 Å². The molecule has 9 nitrogen and oxygen atoms in total. The zero-order valence-electron chi connectivity index (χ0n) is 23.9. The van der Waals surface area contributed by atoms with E-state index in [4.69, 9.17) is 15.8 Å². The first-order chi connectivity index (χ1) is 20.8. The van der Waals surface area contributed by atoms with Crippen molar-refractivity contribution in [2.75, 3.05) is 13.1 Å². The van der Waals surface area contributed by atoms with Crippen molar-refractivity contribution >= 4 is 28.4 Å². The first-order valence-electron chi connectivity index (χ1n) is 15.0. The number of pyridine rings is 2. The Labute approximate surface area is 247 Å². The molecule has 43 heavy (non-hydrogen) atoms. The van der Waals surface area contributed by atoms with E-state index in [2.05, 4.69) is 16.0 Å². The maximum Gasteiger partial charge on any atom is 0.255 e. The molecule has 0 unspecified atom stereocenters. The standard InChI is InChI=1S/C33H32FN7O2/c1-18-29(38-41-16-23(12-26(34)30(18)41)33(43)39-10-2-3-24(35)17-39)28-13-21-8-9-27(37-31(21)40(28)15-19-4-5-19)20-6-7-22-14-36-32(42)25(22)11-20/h6-9,11-13,16,19,24H,2-5,10,14-15,17,35H2,1H3,(H,36,42)/t24-/m1/s1. The summed E-state index contributed by atoms with van der Waals surface area (Å²) in [4.78, 5) is 32.3. The molecule has 1 aromatic carbocycles. The Morgan fingerprint density at radius 2 is 2.00 bits per heavy atom. The van der Waals surface area contributed by atoms with Crippen LogP contribution in [0.2, 0.25) is 0 Å². The van der Waals surface area contributed by atoms with Gasteiger partial charge in [0.25, 0.3) is 11.8 Å². The van der Waals surface area contributed by atoms with Gasteiger partial charge in [-0.3, -0.25) is 9.59 Å². The third-order valence-electron chi connectivity index (χ3n) is 9.12. The minimum atomic E-state index is -0.477. The van der Waals surface area contributed by atoms with Gasteiger partial charge in [0.15, 0.2) is 0 Å². The number of carbonyl (C=O) groups excluding carboxylic acids is 2. The molecular formula is C33H32FN7O2. The first kappa shape index (κ1) is 26.1. The molecule has 4 aromatic heterocycles. The lowest BCUT2D eigenvalue weighted by Crippen LogP contribution is -2.45. The van der Waals surface area contributed by atoms with Crippen molar-refractivity contribution < 1.29 is 14.0 Å². The molecule has 3 N–H and O–H groups in total. The van der Waals surface area contributed by atoms with Crippen LogP contribution in [-0.2, 0) is 13.1 Å². The Morgan fingerprint density at radius 3 is 2.81 bits per heavy atom. The van der Waals surface area contributed by atoms with Crippen LogP contribution in [0.15, 0.2) is 48.7 Å². The van der Waals surface area contributed by atoms with Crippen molar-refractivity contribution in [2.45, 2.75) is 51.7 Å². The summed E-state index contributed by atoms with van der Waals surface area (Å²) >= 11 is 0. The van der Waals surface area contributed by atoms with Gasteiger partial charge in [-0.25, -0.2) is 13.9 Å². The van der Waals surface area contributed by atoms with Gasteiger partial charge in [-0.1, -0.05) is 12.1 Å². The van der Waals surface area contributed by atoms with Crippen LogP contribution in [0.1, 0.15) is 57.5 Å². The molecule has 2 fully saturated rings. The minimum absolute atomic E-state index is 0.0590. The van der Waals surface area contributed by atoms with Gasteiger partial charge >= 0.3 is 0 Å². The van der Waals surface area contributed by atoms with Crippen LogP contribution in [0.4, 0.5) is 4.39 Å². The second-order valence-electron chi connectivity index (χ2n) is 12.2. The van der Waals surface area contributed by atoms with Crippen molar-refractivity contribution in [2.24, 2.45) is 11.7 Å². The van der Waals surface area contributed by atoms with Gasteiger partial charge in [-0.2, -0.15) is 5.10 Å². The first-order valence-corrected chi connectivity index (χ1v) is 15.0. The number of amides is 2. The largest absolute Gasteiger partial charge is 0.348 e. The zero-order chi connectivity index (χ0) is 29.4. The highest BCUT2D eigenvalue weighted by Crippen LogP contribution is 2.38. The Bertz CT molecular complexity index is 1970. The predicted octanol–water partition coefficient (Wildman–Crippen LogP) is 4.68. The van der Waals surface area contributed by atoms with Crippen molar-refractivity contribution in [3.8, 4) is 22.6 Å². The number of carbonyl (C=O) groups is 2. The summed E-state index contributed by atoms with van der Waals surface area (Å²) in [6.07, 6.45) is 5.66. The smallest absolute Gasteiger partial charge is 0.255 e. The van der Waals surface area contributed by atoms with E-state index < -0.39 is 5.82 Å². The monoisotopic (exact) mass is 577 g/mol. The van der Waals surface area contributed by atoms with Gasteiger partial charge in [-0.15, -0.1) is 0 Å².